The number of methoxy groups -OCH3 is 1. The van der Waals surface area contributed by atoms with Crippen LogP contribution in [0.4, 0.5) is 0 Å². The van der Waals surface area contributed by atoms with Gasteiger partial charge in [0, 0.05) is 11.8 Å². The number of para-hydroxylation sites is 1. The van der Waals surface area contributed by atoms with Crippen molar-refractivity contribution in [2.45, 2.75) is 26.7 Å². The summed E-state index contributed by atoms with van der Waals surface area (Å²) in [5.41, 5.74) is 3.95. The van der Waals surface area contributed by atoms with E-state index >= 15 is 0 Å². The van der Waals surface area contributed by atoms with Crippen LogP contribution in [0.15, 0.2) is 30.6 Å². The Morgan fingerprint density at radius 3 is 2.44 bits per heavy atom. The Bertz CT molecular complexity index is 533. The number of ether oxygens (including phenoxy) is 1. The minimum atomic E-state index is 0.415. The number of aryl methyl sites for hydroxylation is 1. The summed E-state index contributed by atoms with van der Waals surface area (Å²) >= 11 is 0. The van der Waals surface area contributed by atoms with Crippen LogP contribution in [0.2, 0.25) is 0 Å². The van der Waals surface area contributed by atoms with Crippen LogP contribution >= 0.6 is 0 Å². The predicted molar refractivity (Wildman–Crippen MR) is 72.8 cm³/mol. The van der Waals surface area contributed by atoms with Gasteiger partial charge in [0.15, 0.2) is 0 Å². The van der Waals surface area contributed by atoms with E-state index in [0.29, 0.717) is 5.92 Å². The van der Waals surface area contributed by atoms with E-state index in [4.69, 9.17) is 4.74 Å². The summed E-state index contributed by atoms with van der Waals surface area (Å²) in [4.78, 5) is 8.70. The molecule has 0 aliphatic heterocycles. The molecule has 0 aliphatic rings. The van der Waals surface area contributed by atoms with Gasteiger partial charge in [0.05, 0.1) is 24.7 Å². The summed E-state index contributed by atoms with van der Waals surface area (Å²) in [6.07, 6.45) is 3.56. The molecule has 0 spiro atoms. The van der Waals surface area contributed by atoms with Crippen LogP contribution in [0, 0.1) is 6.92 Å². The first kappa shape index (κ1) is 12.6. The number of rotatable bonds is 3. The Morgan fingerprint density at radius 2 is 1.89 bits per heavy atom. The first-order valence-electron chi connectivity index (χ1n) is 6.09. The van der Waals surface area contributed by atoms with Crippen LogP contribution in [0.5, 0.6) is 5.75 Å². The van der Waals surface area contributed by atoms with Crippen LogP contribution in [-0.2, 0) is 0 Å². The van der Waals surface area contributed by atoms with Crippen LogP contribution < -0.4 is 4.74 Å². The summed E-state index contributed by atoms with van der Waals surface area (Å²) in [7, 11) is 1.70. The monoisotopic (exact) mass is 242 g/mol. The van der Waals surface area contributed by atoms with Crippen LogP contribution in [0.1, 0.15) is 31.0 Å². The molecule has 3 heteroatoms. The molecule has 0 bridgehead atoms. The van der Waals surface area contributed by atoms with Gasteiger partial charge in [0.1, 0.15) is 5.75 Å². The highest BCUT2D eigenvalue weighted by atomic mass is 16.5. The molecule has 0 amide bonds. The number of benzene rings is 1. The van der Waals surface area contributed by atoms with Crippen molar-refractivity contribution in [3.8, 4) is 17.0 Å². The maximum absolute atomic E-state index is 5.55. The maximum Gasteiger partial charge on any atom is 0.131 e. The number of nitrogens with zero attached hydrogens (tertiary/aromatic N) is 2. The average molecular weight is 242 g/mol. The van der Waals surface area contributed by atoms with Crippen LogP contribution in [0.3, 0.4) is 0 Å². The van der Waals surface area contributed by atoms with Gasteiger partial charge < -0.3 is 4.74 Å². The SMILES string of the molecule is COc1c(-c2cnc(C)cn2)cccc1C(C)C. The molecule has 1 aromatic heterocycles. The Labute approximate surface area is 108 Å². The quantitative estimate of drug-likeness (QED) is 0.825. The highest BCUT2D eigenvalue weighted by Crippen LogP contribution is 2.35. The fourth-order valence-electron chi connectivity index (χ4n) is 1.97. The smallest absolute Gasteiger partial charge is 0.131 e. The van der Waals surface area contributed by atoms with Crippen molar-refractivity contribution in [2.24, 2.45) is 0 Å². The molecule has 2 aromatic rings. The minimum absolute atomic E-state index is 0.415. The van der Waals surface area contributed by atoms with E-state index in [1.54, 1.807) is 19.5 Å². The third-order valence-electron chi connectivity index (χ3n) is 2.93. The van der Waals surface area contributed by atoms with Gasteiger partial charge >= 0.3 is 0 Å². The summed E-state index contributed by atoms with van der Waals surface area (Å²) in [6.45, 7) is 6.24. The van der Waals surface area contributed by atoms with Gasteiger partial charge in [-0.05, 0) is 24.5 Å². The van der Waals surface area contributed by atoms with Gasteiger partial charge in [-0.2, -0.15) is 0 Å². The first-order chi connectivity index (χ1) is 8.63. The lowest BCUT2D eigenvalue weighted by Crippen LogP contribution is -1.98. The van der Waals surface area contributed by atoms with Gasteiger partial charge in [-0.15, -0.1) is 0 Å². The Morgan fingerprint density at radius 1 is 1.11 bits per heavy atom. The average Bonchev–Trinajstić information content (AvgIpc) is 2.38. The van der Waals surface area contributed by atoms with E-state index in [2.05, 4.69) is 29.9 Å². The van der Waals surface area contributed by atoms with E-state index in [-0.39, 0.29) is 0 Å². The Hall–Kier alpha value is -1.90. The lowest BCUT2D eigenvalue weighted by atomic mass is 9.98. The number of hydrogen-bond donors (Lipinski definition) is 0. The predicted octanol–water partition coefficient (Wildman–Crippen LogP) is 3.58. The summed E-state index contributed by atoms with van der Waals surface area (Å²) in [5.74, 6) is 1.31. The van der Waals surface area contributed by atoms with Crippen molar-refractivity contribution < 1.29 is 4.74 Å². The maximum atomic E-state index is 5.55. The molecule has 1 heterocycles. The van der Waals surface area contributed by atoms with Crippen molar-refractivity contribution in [1.29, 1.82) is 0 Å². The Kier molecular flexibility index (Phi) is 3.60. The summed E-state index contributed by atoms with van der Waals surface area (Å²) in [6, 6.07) is 6.15. The molecule has 0 saturated carbocycles. The Balaban J connectivity index is 2.57. The second kappa shape index (κ2) is 5.17. The normalized spacial score (nSPS) is 10.7. The van der Waals surface area contributed by atoms with Gasteiger partial charge in [-0.3, -0.25) is 9.97 Å². The van der Waals surface area contributed by atoms with E-state index in [9.17, 15) is 0 Å². The minimum Gasteiger partial charge on any atom is -0.496 e. The summed E-state index contributed by atoms with van der Waals surface area (Å²) in [5, 5.41) is 0. The molecule has 0 aliphatic carbocycles. The molecule has 0 N–H and O–H groups in total. The van der Waals surface area contributed by atoms with Crippen LogP contribution in [0.25, 0.3) is 11.3 Å². The third kappa shape index (κ3) is 2.35. The van der Waals surface area contributed by atoms with Crippen molar-refractivity contribution in [3.05, 3.63) is 41.9 Å². The van der Waals surface area contributed by atoms with E-state index in [1.165, 1.54) is 5.56 Å². The molecule has 18 heavy (non-hydrogen) atoms. The molecular weight excluding hydrogens is 224 g/mol. The van der Waals surface area contributed by atoms with E-state index in [0.717, 1.165) is 22.7 Å². The zero-order chi connectivity index (χ0) is 13.1. The van der Waals surface area contributed by atoms with Gasteiger partial charge in [0.25, 0.3) is 0 Å². The second-order valence-corrected chi connectivity index (χ2v) is 4.63. The standard InChI is InChI=1S/C15H18N2O/c1-10(2)12-6-5-7-13(15(12)18-4)14-9-16-11(3)8-17-14/h5-10H,1-4H3. The zero-order valence-electron chi connectivity index (χ0n) is 11.3. The fourth-order valence-corrected chi connectivity index (χ4v) is 1.97. The van der Waals surface area contributed by atoms with Crippen molar-refractivity contribution in [2.75, 3.05) is 7.11 Å². The first-order valence-corrected chi connectivity index (χ1v) is 6.09. The molecule has 0 fully saturated rings. The largest absolute Gasteiger partial charge is 0.496 e. The molecule has 0 unspecified atom stereocenters. The highest BCUT2D eigenvalue weighted by Gasteiger charge is 2.13. The molecular formula is C15H18N2O. The van der Waals surface area contributed by atoms with Gasteiger partial charge in [-0.25, -0.2) is 0 Å². The lowest BCUT2D eigenvalue weighted by Gasteiger charge is -2.15. The van der Waals surface area contributed by atoms with Crippen molar-refractivity contribution in [3.63, 3.8) is 0 Å². The number of hydrogen-bond acceptors (Lipinski definition) is 3. The molecule has 0 atom stereocenters. The molecule has 1 aromatic carbocycles. The zero-order valence-corrected chi connectivity index (χ0v) is 11.3. The molecule has 2 rings (SSSR count). The van der Waals surface area contributed by atoms with Crippen molar-refractivity contribution >= 4 is 0 Å². The highest BCUT2D eigenvalue weighted by molar-refractivity contribution is 5.69. The van der Waals surface area contributed by atoms with E-state index < -0.39 is 0 Å². The van der Waals surface area contributed by atoms with Crippen molar-refractivity contribution in [1.82, 2.24) is 9.97 Å². The second-order valence-electron chi connectivity index (χ2n) is 4.63. The van der Waals surface area contributed by atoms with E-state index in [1.807, 2.05) is 19.1 Å². The molecule has 3 nitrogen and oxygen atoms in total. The summed E-state index contributed by atoms with van der Waals surface area (Å²) < 4.78 is 5.55. The molecule has 0 saturated heterocycles. The van der Waals surface area contributed by atoms with Gasteiger partial charge in [-0.1, -0.05) is 26.0 Å². The molecule has 0 radical (unpaired) electrons. The molecule has 94 valence electrons. The number of aromatic nitrogens is 2. The third-order valence-corrected chi connectivity index (χ3v) is 2.93. The van der Waals surface area contributed by atoms with Gasteiger partial charge in [0.2, 0.25) is 0 Å². The lowest BCUT2D eigenvalue weighted by molar-refractivity contribution is 0.409. The fraction of sp³-hybridized carbons (Fsp3) is 0.333. The topological polar surface area (TPSA) is 35.0 Å². The van der Waals surface area contributed by atoms with Crippen LogP contribution in [-0.4, -0.2) is 17.1 Å².